The number of hydrogen-bond donors (Lipinski definition) is 1. The highest BCUT2D eigenvalue weighted by Crippen LogP contribution is 2.38. The summed E-state index contributed by atoms with van der Waals surface area (Å²) in [6, 6.07) is 8.85. The molecule has 0 saturated heterocycles. The Hall–Kier alpha value is -0.160. The average Bonchev–Trinajstić information content (AvgIpc) is 2.69. The second-order valence-electron chi connectivity index (χ2n) is 4.54. The zero-order valence-corrected chi connectivity index (χ0v) is 15.2. The Bertz CT molecular complexity index is 578. The van der Waals surface area contributed by atoms with Crippen molar-refractivity contribution in [2.24, 2.45) is 0 Å². The Labute approximate surface area is 135 Å². The molecule has 1 N–H and O–H groups in total. The van der Waals surface area contributed by atoms with Gasteiger partial charge in [-0.1, -0.05) is 41.1 Å². The zero-order chi connectivity index (χ0) is 14.0. The first-order chi connectivity index (χ1) is 9.04. The fourth-order valence-electron chi connectivity index (χ4n) is 2.14. The Balaban J connectivity index is 2.51. The minimum atomic E-state index is 0.229. The van der Waals surface area contributed by atoms with Crippen molar-refractivity contribution in [3.8, 4) is 0 Å². The maximum atomic E-state index is 3.73. The highest BCUT2D eigenvalue weighted by molar-refractivity contribution is 9.11. The molecule has 0 fully saturated rings. The van der Waals surface area contributed by atoms with Crippen LogP contribution in [0.1, 0.15) is 33.8 Å². The van der Waals surface area contributed by atoms with Crippen LogP contribution in [-0.2, 0) is 0 Å². The van der Waals surface area contributed by atoms with E-state index >= 15 is 0 Å². The number of hydrogen-bond acceptors (Lipinski definition) is 2. The number of thiophene rings is 1. The third-order valence-corrected chi connectivity index (χ3v) is 6.16. The fourth-order valence-corrected chi connectivity index (χ4v) is 4.61. The summed E-state index contributed by atoms with van der Waals surface area (Å²) >= 11 is 9.25. The number of aryl methyl sites for hydroxylation is 2. The van der Waals surface area contributed by atoms with Gasteiger partial charge in [-0.25, -0.2) is 0 Å². The van der Waals surface area contributed by atoms with Crippen LogP contribution in [-0.4, -0.2) is 6.54 Å². The standard InChI is InChI=1S/C15H17Br2NS/c1-4-18-14(15-12(16)8-10(3)19-15)11-7-5-6-9(2)13(11)17/h5-8,14,18H,4H2,1-3H3. The van der Waals surface area contributed by atoms with Gasteiger partial charge in [0, 0.05) is 18.7 Å². The first-order valence-electron chi connectivity index (χ1n) is 6.28. The van der Waals surface area contributed by atoms with Crippen LogP contribution in [0.5, 0.6) is 0 Å². The molecule has 0 aliphatic carbocycles. The molecule has 4 heteroatoms. The molecule has 0 spiro atoms. The summed E-state index contributed by atoms with van der Waals surface area (Å²) in [6.07, 6.45) is 0. The normalized spacial score (nSPS) is 12.7. The van der Waals surface area contributed by atoms with E-state index in [2.05, 4.69) is 82.2 Å². The molecule has 2 aromatic rings. The van der Waals surface area contributed by atoms with Gasteiger partial charge in [0.15, 0.2) is 0 Å². The SMILES string of the molecule is CCNC(c1cccc(C)c1Br)c1sc(C)cc1Br. The van der Waals surface area contributed by atoms with Gasteiger partial charge < -0.3 is 5.32 Å². The molecule has 102 valence electrons. The molecule has 1 aromatic carbocycles. The fraction of sp³-hybridized carbons (Fsp3) is 0.333. The predicted molar refractivity (Wildman–Crippen MR) is 91.2 cm³/mol. The maximum Gasteiger partial charge on any atom is 0.0693 e. The highest BCUT2D eigenvalue weighted by Gasteiger charge is 2.20. The van der Waals surface area contributed by atoms with Crippen molar-refractivity contribution in [1.29, 1.82) is 0 Å². The quantitative estimate of drug-likeness (QED) is 0.702. The van der Waals surface area contributed by atoms with Crippen LogP contribution in [0.15, 0.2) is 33.2 Å². The lowest BCUT2D eigenvalue weighted by Crippen LogP contribution is -2.22. The Kier molecular flexibility index (Phi) is 5.23. The molecule has 1 unspecified atom stereocenters. The summed E-state index contributed by atoms with van der Waals surface area (Å²) in [5, 5.41) is 3.59. The van der Waals surface area contributed by atoms with Gasteiger partial charge in [-0.15, -0.1) is 11.3 Å². The van der Waals surface area contributed by atoms with E-state index in [9.17, 15) is 0 Å². The predicted octanol–water partition coefficient (Wildman–Crippen LogP) is 5.59. The monoisotopic (exact) mass is 401 g/mol. The van der Waals surface area contributed by atoms with Gasteiger partial charge in [-0.3, -0.25) is 0 Å². The van der Waals surface area contributed by atoms with Crippen LogP contribution in [0.25, 0.3) is 0 Å². The largest absolute Gasteiger partial charge is 0.306 e. The lowest BCUT2D eigenvalue weighted by molar-refractivity contribution is 0.635. The first-order valence-corrected chi connectivity index (χ1v) is 8.69. The second kappa shape index (κ2) is 6.53. The summed E-state index contributed by atoms with van der Waals surface area (Å²) in [6.45, 7) is 7.36. The average molecular weight is 403 g/mol. The Morgan fingerprint density at radius 1 is 1.26 bits per heavy atom. The van der Waals surface area contributed by atoms with Crippen LogP contribution in [0, 0.1) is 13.8 Å². The van der Waals surface area contributed by atoms with Gasteiger partial charge in [0.25, 0.3) is 0 Å². The first kappa shape index (κ1) is 15.2. The van der Waals surface area contributed by atoms with Crippen LogP contribution in [0.3, 0.4) is 0 Å². The molecule has 19 heavy (non-hydrogen) atoms. The van der Waals surface area contributed by atoms with E-state index in [1.807, 2.05) is 11.3 Å². The van der Waals surface area contributed by atoms with Crippen molar-refractivity contribution in [3.05, 3.63) is 54.1 Å². The van der Waals surface area contributed by atoms with E-state index in [-0.39, 0.29) is 6.04 Å². The molecular formula is C15H17Br2NS. The van der Waals surface area contributed by atoms with E-state index in [0.29, 0.717) is 0 Å². The summed E-state index contributed by atoms with van der Waals surface area (Å²) in [5.74, 6) is 0. The van der Waals surface area contributed by atoms with E-state index in [1.54, 1.807) is 0 Å². The molecule has 0 amide bonds. The molecule has 0 saturated carbocycles. The number of benzene rings is 1. The second-order valence-corrected chi connectivity index (χ2v) is 7.47. The molecule has 1 heterocycles. The number of nitrogens with one attached hydrogen (secondary N) is 1. The topological polar surface area (TPSA) is 12.0 Å². The minimum Gasteiger partial charge on any atom is -0.306 e. The number of halogens is 2. The molecular weight excluding hydrogens is 386 g/mol. The maximum absolute atomic E-state index is 3.73. The summed E-state index contributed by atoms with van der Waals surface area (Å²) in [7, 11) is 0. The van der Waals surface area contributed by atoms with E-state index < -0.39 is 0 Å². The van der Waals surface area contributed by atoms with Gasteiger partial charge >= 0.3 is 0 Å². The Morgan fingerprint density at radius 2 is 2.00 bits per heavy atom. The van der Waals surface area contributed by atoms with E-state index in [4.69, 9.17) is 0 Å². The molecule has 2 rings (SSSR count). The molecule has 1 aromatic heterocycles. The van der Waals surface area contributed by atoms with E-state index in [1.165, 1.54) is 29.8 Å². The minimum absolute atomic E-state index is 0.229. The molecule has 0 aliphatic heterocycles. The molecule has 0 bridgehead atoms. The smallest absolute Gasteiger partial charge is 0.0693 e. The van der Waals surface area contributed by atoms with E-state index in [0.717, 1.165) is 6.54 Å². The van der Waals surface area contributed by atoms with Gasteiger partial charge in [-0.2, -0.15) is 0 Å². The number of rotatable bonds is 4. The van der Waals surface area contributed by atoms with Crippen LogP contribution in [0.4, 0.5) is 0 Å². The van der Waals surface area contributed by atoms with Crippen molar-refractivity contribution in [3.63, 3.8) is 0 Å². The van der Waals surface area contributed by atoms with Crippen molar-refractivity contribution < 1.29 is 0 Å². The third-order valence-electron chi connectivity index (χ3n) is 3.04. The van der Waals surface area contributed by atoms with Crippen molar-refractivity contribution in [2.75, 3.05) is 6.54 Å². The molecule has 0 radical (unpaired) electrons. The van der Waals surface area contributed by atoms with Crippen molar-refractivity contribution in [1.82, 2.24) is 5.32 Å². The van der Waals surface area contributed by atoms with Gasteiger partial charge in [0.1, 0.15) is 0 Å². The van der Waals surface area contributed by atoms with Crippen LogP contribution < -0.4 is 5.32 Å². The summed E-state index contributed by atoms with van der Waals surface area (Å²) < 4.78 is 2.38. The highest BCUT2D eigenvalue weighted by atomic mass is 79.9. The van der Waals surface area contributed by atoms with Gasteiger partial charge in [0.05, 0.1) is 6.04 Å². The zero-order valence-electron chi connectivity index (χ0n) is 11.3. The summed E-state index contributed by atoms with van der Waals surface area (Å²) in [4.78, 5) is 2.67. The van der Waals surface area contributed by atoms with Gasteiger partial charge in [0.2, 0.25) is 0 Å². The van der Waals surface area contributed by atoms with Crippen molar-refractivity contribution in [2.45, 2.75) is 26.8 Å². The van der Waals surface area contributed by atoms with Crippen LogP contribution >= 0.6 is 43.2 Å². The molecule has 1 nitrogen and oxygen atoms in total. The van der Waals surface area contributed by atoms with Crippen molar-refractivity contribution >= 4 is 43.2 Å². The van der Waals surface area contributed by atoms with Gasteiger partial charge in [-0.05, 0) is 53.5 Å². The third kappa shape index (κ3) is 3.30. The molecule has 0 aliphatic rings. The molecule has 1 atom stereocenters. The summed E-state index contributed by atoms with van der Waals surface area (Å²) in [5.41, 5.74) is 2.56. The Morgan fingerprint density at radius 3 is 2.58 bits per heavy atom. The van der Waals surface area contributed by atoms with Crippen LogP contribution in [0.2, 0.25) is 0 Å². The lowest BCUT2D eigenvalue weighted by Gasteiger charge is -2.20. The lowest BCUT2D eigenvalue weighted by atomic mass is 10.0.